The number of benzene rings is 1. The molecule has 1 aliphatic rings. The van der Waals surface area contributed by atoms with E-state index in [-0.39, 0.29) is 23.3 Å². The van der Waals surface area contributed by atoms with Crippen LogP contribution in [0.3, 0.4) is 0 Å². The number of hydrogen-bond donors (Lipinski definition) is 1. The van der Waals surface area contributed by atoms with Crippen LogP contribution in [0.15, 0.2) is 29.2 Å². The molecule has 1 saturated heterocycles. The first kappa shape index (κ1) is 16.9. The molecular formula is C16H22N2O3S. The van der Waals surface area contributed by atoms with E-state index in [0.717, 1.165) is 19.3 Å². The number of rotatable bonds is 5. The lowest BCUT2D eigenvalue weighted by atomic mass is 9.97. The monoisotopic (exact) mass is 322 g/mol. The fraction of sp³-hybridized carbons (Fsp3) is 0.562. The van der Waals surface area contributed by atoms with Gasteiger partial charge in [-0.25, -0.2) is 8.42 Å². The van der Waals surface area contributed by atoms with Crippen molar-refractivity contribution in [3.63, 3.8) is 0 Å². The predicted octanol–water partition coefficient (Wildman–Crippen LogP) is 1.57. The number of hydrogen-bond acceptors (Lipinski definition) is 5. The predicted molar refractivity (Wildman–Crippen MR) is 84.1 cm³/mol. The van der Waals surface area contributed by atoms with Gasteiger partial charge >= 0.3 is 0 Å². The van der Waals surface area contributed by atoms with Gasteiger partial charge < -0.3 is 5.11 Å². The highest BCUT2D eigenvalue weighted by atomic mass is 32.2. The Labute approximate surface area is 132 Å². The molecule has 1 aromatic rings. The third-order valence-electron chi connectivity index (χ3n) is 4.37. The van der Waals surface area contributed by atoms with Crippen LogP contribution < -0.4 is 0 Å². The van der Waals surface area contributed by atoms with E-state index in [4.69, 9.17) is 5.26 Å². The molecule has 0 aliphatic carbocycles. The third kappa shape index (κ3) is 3.86. The van der Waals surface area contributed by atoms with Gasteiger partial charge in [-0.1, -0.05) is 6.42 Å². The van der Waals surface area contributed by atoms with Crippen molar-refractivity contribution in [3.05, 3.63) is 29.8 Å². The second kappa shape index (κ2) is 7.23. The van der Waals surface area contributed by atoms with Crippen molar-refractivity contribution in [1.82, 2.24) is 4.90 Å². The highest BCUT2D eigenvalue weighted by Crippen LogP contribution is 2.23. The van der Waals surface area contributed by atoms with E-state index >= 15 is 0 Å². The average Bonchev–Trinajstić information content (AvgIpc) is 2.53. The maximum absolute atomic E-state index is 12.4. The average molecular weight is 322 g/mol. The van der Waals surface area contributed by atoms with Crippen molar-refractivity contribution in [2.24, 2.45) is 0 Å². The van der Waals surface area contributed by atoms with Crippen LogP contribution in [0.25, 0.3) is 0 Å². The Morgan fingerprint density at radius 1 is 1.32 bits per heavy atom. The molecule has 22 heavy (non-hydrogen) atoms. The van der Waals surface area contributed by atoms with Gasteiger partial charge in [-0.05, 0) is 44.0 Å². The van der Waals surface area contributed by atoms with Crippen molar-refractivity contribution in [2.45, 2.75) is 43.2 Å². The summed E-state index contributed by atoms with van der Waals surface area (Å²) >= 11 is 0. The zero-order valence-electron chi connectivity index (χ0n) is 12.8. The van der Waals surface area contributed by atoms with Gasteiger partial charge in [0.15, 0.2) is 9.84 Å². The van der Waals surface area contributed by atoms with Gasteiger partial charge in [0.2, 0.25) is 0 Å². The molecule has 0 saturated carbocycles. The molecule has 2 unspecified atom stereocenters. The van der Waals surface area contributed by atoms with E-state index in [2.05, 4.69) is 11.8 Å². The lowest BCUT2D eigenvalue weighted by molar-refractivity contribution is 0.0574. The van der Waals surface area contributed by atoms with Gasteiger partial charge in [0.05, 0.1) is 28.9 Å². The molecule has 1 aliphatic heterocycles. The first-order valence-corrected chi connectivity index (χ1v) is 9.22. The van der Waals surface area contributed by atoms with Crippen LogP contribution in [0.5, 0.6) is 0 Å². The second-order valence-electron chi connectivity index (χ2n) is 5.81. The van der Waals surface area contributed by atoms with Gasteiger partial charge in [0, 0.05) is 18.6 Å². The molecular weight excluding hydrogens is 300 g/mol. The normalized spacial score (nSPS) is 23.1. The van der Waals surface area contributed by atoms with Gasteiger partial charge in [-0.15, -0.1) is 0 Å². The molecule has 1 fully saturated rings. The van der Waals surface area contributed by atoms with Gasteiger partial charge in [-0.3, -0.25) is 4.90 Å². The van der Waals surface area contributed by atoms with Crippen molar-refractivity contribution >= 4 is 9.84 Å². The minimum absolute atomic E-state index is 0.0275. The Hall–Kier alpha value is -1.42. The van der Waals surface area contributed by atoms with Crippen molar-refractivity contribution < 1.29 is 13.5 Å². The molecule has 2 rings (SSSR count). The van der Waals surface area contributed by atoms with Crippen LogP contribution in [0.1, 0.15) is 31.7 Å². The molecule has 2 atom stereocenters. The fourth-order valence-electron chi connectivity index (χ4n) is 3.02. The number of sulfone groups is 1. The fourth-order valence-corrected chi connectivity index (χ4v) is 4.26. The summed E-state index contributed by atoms with van der Waals surface area (Å²) in [5.41, 5.74) is 0.448. The molecule has 5 nitrogen and oxygen atoms in total. The largest absolute Gasteiger partial charge is 0.395 e. The second-order valence-corrected chi connectivity index (χ2v) is 7.92. The minimum Gasteiger partial charge on any atom is -0.395 e. The van der Waals surface area contributed by atoms with Gasteiger partial charge in [-0.2, -0.15) is 5.26 Å². The van der Waals surface area contributed by atoms with Crippen molar-refractivity contribution in [2.75, 3.05) is 18.9 Å². The first-order valence-electron chi connectivity index (χ1n) is 7.57. The maximum atomic E-state index is 12.4. The molecule has 0 aromatic heterocycles. The summed E-state index contributed by atoms with van der Waals surface area (Å²) in [6.07, 6.45) is 3.02. The minimum atomic E-state index is -3.37. The van der Waals surface area contributed by atoms with E-state index < -0.39 is 9.84 Å². The highest BCUT2D eigenvalue weighted by Gasteiger charge is 2.28. The summed E-state index contributed by atoms with van der Waals surface area (Å²) < 4.78 is 24.8. The molecule has 0 spiro atoms. The van der Waals surface area contributed by atoms with Gasteiger partial charge in [0.1, 0.15) is 0 Å². The summed E-state index contributed by atoms with van der Waals surface area (Å²) in [6, 6.07) is 8.33. The van der Waals surface area contributed by atoms with Crippen molar-refractivity contribution in [1.29, 1.82) is 5.26 Å². The summed E-state index contributed by atoms with van der Waals surface area (Å²) in [4.78, 5) is 2.35. The van der Waals surface area contributed by atoms with Crippen LogP contribution in [0.4, 0.5) is 0 Å². The molecule has 6 heteroatoms. The molecule has 1 aromatic carbocycles. The van der Waals surface area contributed by atoms with Gasteiger partial charge in [0.25, 0.3) is 0 Å². The highest BCUT2D eigenvalue weighted by molar-refractivity contribution is 7.91. The number of piperidine rings is 1. The smallest absolute Gasteiger partial charge is 0.179 e. The number of aliphatic hydroxyl groups excluding tert-OH is 1. The topological polar surface area (TPSA) is 81.4 Å². The van der Waals surface area contributed by atoms with Crippen LogP contribution in [0, 0.1) is 11.3 Å². The molecule has 0 radical (unpaired) electrons. The number of nitrogens with zero attached hydrogens (tertiary/aromatic N) is 2. The summed E-state index contributed by atoms with van der Waals surface area (Å²) in [6.45, 7) is 2.58. The van der Waals surface area contributed by atoms with E-state index in [1.165, 1.54) is 24.3 Å². The van der Waals surface area contributed by atoms with E-state index in [1.54, 1.807) is 0 Å². The number of nitriles is 1. The van der Waals surface area contributed by atoms with Crippen LogP contribution in [-0.4, -0.2) is 49.4 Å². The van der Waals surface area contributed by atoms with Crippen molar-refractivity contribution in [3.8, 4) is 6.07 Å². The third-order valence-corrected chi connectivity index (χ3v) is 6.08. The lowest BCUT2D eigenvalue weighted by Gasteiger charge is -2.39. The molecule has 0 amide bonds. The Balaban J connectivity index is 2.06. The Morgan fingerprint density at radius 2 is 2.00 bits per heavy atom. The van der Waals surface area contributed by atoms with E-state index in [9.17, 15) is 13.5 Å². The number of aliphatic hydroxyl groups is 1. The lowest BCUT2D eigenvalue weighted by Crippen LogP contribution is -2.48. The number of likely N-dealkylation sites (tertiary alicyclic amines) is 1. The molecule has 120 valence electrons. The molecule has 0 bridgehead atoms. The standard InChI is InChI=1S/C16H22N2O3S/c1-13-3-2-4-15(12-19)18(13)9-10-22(20,21)16-7-5-14(11-17)6-8-16/h5-8,13,15,19H,2-4,9-10,12H2,1H3. The zero-order chi connectivity index (χ0) is 16.2. The first-order chi connectivity index (χ1) is 10.5. The summed E-state index contributed by atoms with van der Waals surface area (Å²) in [7, 11) is -3.37. The Kier molecular flexibility index (Phi) is 5.57. The quantitative estimate of drug-likeness (QED) is 0.890. The van der Waals surface area contributed by atoms with Crippen LogP contribution >= 0.6 is 0 Å². The maximum Gasteiger partial charge on any atom is 0.179 e. The van der Waals surface area contributed by atoms with Crippen LogP contribution in [-0.2, 0) is 9.84 Å². The summed E-state index contributed by atoms with van der Waals surface area (Å²) in [5, 5.41) is 18.2. The Morgan fingerprint density at radius 3 is 2.59 bits per heavy atom. The molecule has 1 heterocycles. The van der Waals surface area contributed by atoms with E-state index in [1.807, 2.05) is 6.07 Å². The van der Waals surface area contributed by atoms with E-state index in [0.29, 0.717) is 18.2 Å². The molecule has 1 N–H and O–H groups in total. The summed E-state index contributed by atoms with van der Waals surface area (Å²) in [5.74, 6) is 0.0275. The zero-order valence-corrected chi connectivity index (χ0v) is 13.6. The van der Waals surface area contributed by atoms with Crippen LogP contribution in [0.2, 0.25) is 0 Å². The SMILES string of the molecule is CC1CCCC(CO)N1CCS(=O)(=O)c1ccc(C#N)cc1. The Bertz CT molecular complexity index is 634.